The standard InChI is InChI=1S/C10H12FN3O/c1-13-4-5-14(10(13)15)7-2-3-8(11)9(12)6-7/h2-3,6H,4-5,12H2,1H3. The normalized spacial score (nSPS) is 16.3. The van der Waals surface area contributed by atoms with Crippen molar-refractivity contribution in [3.8, 4) is 0 Å². The van der Waals surface area contributed by atoms with Gasteiger partial charge in [0.25, 0.3) is 0 Å². The fourth-order valence-corrected chi connectivity index (χ4v) is 1.59. The van der Waals surface area contributed by atoms with Crippen LogP contribution in [0, 0.1) is 5.82 Å². The van der Waals surface area contributed by atoms with E-state index in [1.165, 1.54) is 12.1 Å². The molecule has 1 aromatic rings. The Bertz CT molecular complexity index is 408. The van der Waals surface area contributed by atoms with Gasteiger partial charge in [0.1, 0.15) is 5.82 Å². The van der Waals surface area contributed by atoms with Crippen molar-refractivity contribution in [3.63, 3.8) is 0 Å². The van der Waals surface area contributed by atoms with Crippen LogP contribution in [-0.2, 0) is 0 Å². The molecule has 0 atom stereocenters. The van der Waals surface area contributed by atoms with Crippen LogP contribution >= 0.6 is 0 Å². The Labute approximate surface area is 87.1 Å². The van der Waals surface area contributed by atoms with E-state index in [1.807, 2.05) is 0 Å². The Morgan fingerprint density at radius 1 is 1.40 bits per heavy atom. The van der Waals surface area contributed by atoms with Gasteiger partial charge in [-0.05, 0) is 18.2 Å². The highest BCUT2D eigenvalue weighted by Crippen LogP contribution is 2.23. The number of urea groups is 1. The highest BCUT2D eigenvalue weighted by molar-refractivity contribution is 5.94. The Morgan fingerprint density at radius 2 is 2.13 bits per heavy atom. The number of nitrogens with zero attached hydrogens (tertiary/aromatic N) is 2. The van der Waals surface area contributed by atoms with Crippen LogP contribution in [0.4, 0.5) is 20.6 Å². The molecule has 15 heavy (non-hydrogen) atoms. The Kier molecular flexibility index (Phi) is 2.22. The van der Waals surface area contributed by atoms with Crippen LogP contribution in [0.25, 0.3) is 0 Å². The molecule has 2 amide bonds. The van der Waals surface area contributed by atoms with Gasteiger partial charge in [-0.3, -0.25) is 4.90 Å². The van der Waals surface area contributed by atoms with Gasteiger partial charge in [-0.25, -0.2) is 9.18 Å². The minimum Gasteiger partial charge on any atom is -0.396 e. The third-order valence-electron chi connectivity index (χ3n) is 2.51. The van der Waals surface area contributed by atoms with Crippen molar-refractivity contribution in [3.05, 3.63) is 24.0 Å². The van der Waals surface area contributed by atoms with E-state index < -0.39 is 5.82 Å². The van der Waals surface area contributed by atoms with Gasteiger partial charge >= 0.3 is 6.03 Å². The summed E-state index contributed by atoms with van der Waals surface area (Å²) in [5, 5.41) is 0. The van der Waals surface area contributed by atoms with Gasteiger partial charge in [0.15, 0.2) is 0 Å². The molecule has 80 valence electrons. The first-order valence-corrected chi connectivity index (χ1v) is 4.67. The van der Waals surface area contributed by atoms with Gasteiger partial charge in [-0.2, -0.15) is 0 Å². The Morgan fingerprint density at radius 3 is 2.67 bits per heavy atom. The summed E-state index contributed by atoms with van der Waals surface area (Å²) in [5.74, 6) is -0.459. The average Bonchev–Trinajstić information content (AvgIpc) is 2.53. The third kappa shape index (κ3) is 1.60. The topological polar surface area (TPSA) is 49.6 Å². The summed E-state index contributed by atoms with van der Waals surface area (Å²) in [5.41, 5.74) is 6.15. The highest BCUT2D eigenvalue weighted by atomic mass is 19.1. The van der Waals surface area contributed by atoms with Crippen LogP contribution in [0.2, 0.25) is 0 Å². The number of carbonyl (C=O) groups is 1. The molecule has 0 aromatic heterocycles. The zero-order chi connectivity index (χ0) is 11.0. The summed E-state index contributed by atoms with van der Waals surface area (Å²) >= 11 is 0. The van der Waals surface area contributed by atoms with Crippen LogP contribution in [0.3, 0.4) is 0 Å². The molecule has 4 nitrogen and oxygen atoms in total. The number of anilines is 2. The summed E-state index contributed by atoms with van der Waals surface area (Å²) in [7, 11) is 1.73. The molecule has 0 radical (unpaired) electrons. The number of nitrogen functional groups attached to an aromatic ring is 1. The second-order valence-electron chi connectivity index (χ2n) is 3.56. The van der Waals surface area contributed by atoms with E-state index in [9.17, 15) is 9.18 Å². The van der Waals surface area contributed by atoms with Gasteiger partial charge in [-0.15, -0.1) is 0 Å². The summed E-state index contributed by atoms with van der Waals surface area (Å²) < 4.78 is 12.9. The molecular formula is C10H12FN3O. The summed E-state index contributed by atoms with van der Waals surface area (Å²) in [4.78, 5) is 14.8. The van der Waals surface area contributed by atoms with Crippen LogP contribution < -0.4 is 10.6 Å². The first-order valence-electron chi connectivity index (χ1n) is 4.67. The summed E-state index contributed by atoms with van der Waals surface area (Å²) in [6, 6.07) is 4.23. The van der Waals surface area contributed by atoms with Crippen molar-refractivity contribution in [2.45, 2.75) is 0 Å². The first-order chi connectivity index (χ1) is 7.09. The number of rotatable bonds is 1. The molecule has 1 fully saturated rings. The zero-order valence-corrected chi connectivity index (χ0v) is 8.40. The van der Waals surface area contributed by atoms with Crippen molar-refractivity contribution in [2.75, 3.05) is 30.8 Å². The van der Waals surface area contributed by atoms with Gasteiger partial charge < -0.3 is 10.6 Å². The van der Waals surface area contributed by atoms with Crippen molar-refractivity contribution in [1.29, 1.82) is 0 Å². The molecule has 5 heteroatoms. The number of likely N-dealkylation sites (N-methyl/N-ethyl adjacent to an activating group) is 1. The number of amides is 2. The number of benzene rings is 1. The number of nitrogens with two attached hydrogens (primary N) is 1. The van der Waals surface area contributed by atoms with Crippen LogP contribution in [0.15, 0.2) is 18.2 Å². The van der Waals surface area contributed by atoms with Crippen molar-refractivity contribution in [1.82, 2.24) is 4.90 Å². The van der Waals surface area contributed by atoms with E-state index in [0.29, 0.717) is 18.8 Å². The molecular weight excluding hydrogens is 197 g/mol. The predicted octanol–water partition coefficient (Wildman–Crippen LogP) is 1.28. The lowest BCUT2D eigenvalue weighted by Crippen LogP contribution is -2.29. The maximum absolute atomic E-state index is 12.9. The van der Waals surface area contributed by atoms with Crippen LogP contribution in [0.1, 0.15) is 0 Å². The SMILES string of the molecule is CN1CCN(c2ccc(F)c(N)c2)C1=O. The third-order valence-corrected chi connectivity index (χ3v) is 2.51. The molecule has 2 rings (SSSR count). The monoisotopic (exact) mass is 209 g/mol. The molecule has 0 bridgehead atoms. The average molecular weight is 209 g/mol. The lowest BCUT2D eigenvalue weighted by atomic mass is 10.2. The second kappa shape index (κ2) is 3.42. The van der Waals surface area contributed by atoms with Crippen LogP contribution in [0.5, 0.6) is 0 Å². The maximum atomic E-state index is 12.9. The molecule has 0 unspecified atom stereocenters. The number of hydrogen-bond acceptors (Lipinski definition) is 2. The minimum absolute atomic E-state index is 0.0647. The van der Waals surface area contributed by atoms with E-state index in [-0.39, 0.29) is 11.7 Å². The molecule has 1 heterocycles. The zero-order valence-electron chi connectivity index (χ0n) is 8.40. The number of halogens is 1. The fourth-order valence-electron chi connectivity index (χ4n) is 1.59. The van der Waals surface area contributed by atoms with E-state index >= 15 is 0 Å². The lowest BCUT2D eigenvalue weighted by molar-refractivity contribution is 0.229. The van der Waals surface area contributed by atoms with Crippen molar-refractivity contribution < 1.29 is 9.18 Å². The van der Waals surface area contributed by atoms with Gasteiger partial charge in [0, 0.05) is 25.8 Å². The fraction of sp³-hybridized carbons (Fsp3) is 0.300. The maximum Gasteiger partial charge on any atom is 0.324 e. The summed E-state index contributed by atoms with van der Waals surface area (Å²) in [6.45, 7) is 1.29. The van der Waals surface area contributed by atoms with Gasteiger partial charge in [-0.1, -0.05) is 0 Å². The lowest BCUT2D eigenvalue weighted by Gasteiger charge is -2.16. The van der Waals surface area contributed by atoms with E-state index in [1.54, 1.807) is 22.9 Å². The minimum atomic E-state index is -0.459. The second-order valence-corrected chi connectivity index (χ2v) is 3.56. The van der Waals surface area contributed by atoms with Crippen LogP contribution in [-0.4, -0.2) is 31.1 Å². The van der Waals surface area contributed by atoms with E-state index in [2.05, 4.69) is 0 Å². The van der Waals surface area contributed by atoms with Gasteiger partial charge in [0.2, 0.25) is 0 Å². The molecule has 1 aliphatic heterocycles. The number of hydrogen-bond donors (Lipinski definition) is 1. The summed E-state index contributed by atoms with van der Waals surface area (Å²) in [6.07, 6.45) is 0. The smallest absolute Gasteiger partial charge is 0.324 e. The largest absolute Gasteiger partial charge is 0.396 e. The molecule has 1 aliphatic rings. The molecule has 0 saturated carbocycles. The van der Waals surface area contributed by atoms with Gasteiger partial charge in [0.05, 0.1) is 5.69 Å². The van der Waals surface area contributed by atoms with Crippen molar-refractivity contribution in [2.24, 2.45) is 0 Å². The van der Waals surface area contributed by atoms with E-state index in [0.717, 1.165) is 0 Å². The van der Waals surface area contributed by atoms with E-state index in [4.69, 9.17) is 5.73 Å². The Balaban J connectivity index is 2.31. The number of carbonyl (C=O) groups excluding carboxylic acids is 1. The molecule has 0 aliphatic carbocycles. The quantitative estimate of drug-likeness (QED) is 0.708. The Hall–Kier alpha value is -1.78. The molecule has 2 N–H and O–H groups in total. The molecule has 0 spiro atoms. The first kappa shape index (κ1) is 9.76. The highest BCUT2D eigenvalue weighted by Gasteiger charge is 2.26. The van der Waals surface area contributed by atoms with Crippen molar-refractivity contribution >= 4 is 17.4 Å². The molecule has 1 saturated heterocycles. The predicted molar refractivity (Wildman–Crippen MR) is 56.2 cm³/mol. The molecule has 1 aromatic carbocycles.